The van der Waals surface area contributed by atoms with Crippen LogP contribution < -0.4 is 10.6 Å². The molecule has 2 N–H and O–H groups in total. The van der Waals surface area contributed by atoms with E-state index in [2.05, 4.69) is 20.8 Å². The third kappa shape index (κ3) is 5.41. The summed E-state index contributed by atoms with van der Waals surface area (Å²) in [5.41, 5.74) is 0. The molecule has 0 aliphatic carbocycles. The maximum atomic E-state index is 10.4. The number of hydrogen-bond donors (Lipinski definition) is 2. The topological polar surface area (TPSA) is 142 Å². The van der Waals surface area contributed by atoms with Crippen LogP contribution in [0.5, 0.6) is 0 Å². The van der Waals surface area contributed by atoms with E-state index in [1.165, 1.54) is 0 Å². The average molecular weight is 328 g/mol. The second-order valence-corrected chi connectivity index (χ2v) is 5.27. The van der Waals surface area contributed by atoms with Crippen LogP contribution in [-0.2, 0) is 0 Å². The van der Waals surface area contributed by atoms with Crippen molar-refractivity contribution in [2.24, 2.45) is 10.2 Å². The van der Waals surface area contributed by atoms with Crippen molar-refractivity contribution in [3.05, 3.63) is 20.2 Å². The minimum Gasteiger partial charge on any atom is -0.341 e. The number of nitrogens with zero attached hydrogens (tertiary/aromatic N) is 6. The lowest BCUT2D eigenvalue weighted by atomic mass is 10.2. The summed E-state index contributed by atoms with van der Waals surface area (Å²) in [6.45, 7) is 3.38. The number of amidine groups is 2. The lowest BCUT2D eigenvalue weighted by Gasteiger charge is -2.17. The first-order chi connectivity index (χ1) is 11.1. The Balaban J connectivity index is 1.66. The van der Waals surface area contributed by atoms with Gasteiger partial charge in [0.1, 0.15) is 0 Å². The Bertz CT molecular complexity index is 464. The molecule has 2 fully saturated rings. The summed E-state index contributed by atoms with van der Waals surface area (Å²) in [6.07, 6.45) is 2.67. The van der Waals surface area contributed by atoms with Crippen molar-refractivity contribution >= 4 is 11.7 Å². The van der Waals surface area contributed by atoms with E-state index < -0.39 is 10.1 Å². The number of rotatable bonds is 8. The van der Waals surface area contributed by atoms with Gasteiger partial charge in [0.2, 0.25) is 0 Å². The summed E-state index contributed by atoms with van der Waals surface area (Å²) in [5, 5.41) is 32.3. The minimum absolute atomic E-state index is 0.418. The summed E-state index contributed by atoms with van der Waals surface area (Å²) in [5.74, 6) is 0.915. The highest BCUT2D eigenvalue weighted by Crippen LogP contribution is 2.06. The van der Waals surface area contributed by atoms with E-state index >= 15 is 0 Å². The molecule has 0 radical (unpaired) electrons. The lowest BCUT2D eigenvalue weighted by Crippen LogP contribution is -2.29. The molecule has 0 saturated carbocycles. The van der Waals surface area contributed by atoms with Gasteiger partial charge in [-0.25, -0.2) is 20.2 Å². The third-order valence-corrected chi connectivity index (χ3v) is 3.65. The fraction of sp³-hybridized carbons (Fsp3) is 0.818. The molecule has 2 saturated heterocycles. The first-order valence-corrected chi connectivity index (χ1v) is 7.41. The first-order valence-electron chi connectivity index (χ1n) is 7.41. The van der Waals surface area contributed by atoms with Gasteiger partial charge in [0.25, 0.3) is 0 Å². The van der Waals surface area contributed by atoms with Gasteiger partial charge in [0.15, 0.2) is 21.7 Å². The van der Waals surface area contributed by atoms with Crippen LogP contribution in [0.4, 0.5) is 0 Å². The molecule has 2 aliphatic rings. The molecule has 12 heteroatoms. The molecule has 0 aromatic rings. The zero-order valence-electron chi connectivity index (χ0n) is 12.7. The van der Waals surface area contributed by atoms with Crippen molar-refractivity contribution < 1.29 is 10.1 Å². The Morgan fingerprint density at radius 2 is 1.30 bits per heavy atom. The van der Waals surface area contributed by atoms with Gasteiger partial charge in [-0.1, -0.05) is 0 Å². The maximum Gasteiger partial charge on any atom is 0.194 e. The van der Waals surface area contributed by atoms with Crippen molar-refractivity contribution in [3.63, 3.8) is 0 Å². The number of nitrogens with one attached hydrogen (secondary N) is 2. The molecular weight excluding hydrogens is 308 g/mol. The van der Waals surface area contributed by atoms with E-state index in [1.54, 1.807) is 0 Å². The van der Waals surface area contributed by atoms with E-state index in [-0.39, 0.29) is 0 Å². The zero-order valence-corrected chi connectivity index (χ0v) is 12.7. The van der Waals surface area contributed by atoms with Crippen LogP contribution in [0.2, 0.25) is 0 Å². The predicted molar refractivity (Wildman–Crippen MR) is 81.9 cm³/mol. The summed E-state index contributed by atoms with van der Waals surface area (Å²) in [7, 11) is 0. The SMILES string of the molecule is O=[N+]([O-])/N=C1/CNCN1CCCCCN1CNC/C1=N\[N+](=O)[O-]. The van der Waals surface area contributed by atoms with Gasteiger partial charge >= 0.3 is 0 Å². The van der Waals surface area contributed by atoms with Crippen LogP contribution in [0.15, 0.2) is 10.2 Å². The molecule has 0 spiro atoms. The van der Waals surface area contributed by atoms with Crippen molar-refractivity contribution in [2.75, 3.05) is 39.5 Å². The highest BCUT2D eigenvalue weighted by Gasteiger charge is 2.22. The molecule has 23 heavy (non-hydrogen) atoms. The molecule has 0 unspecified atom stereocenters. The number of nitro groups is 2. The largest absolute Gasteiger partial charge is 0.341 e. The minimum atomic E-state index is -0.675. The average Bonchev–Trinajstić information content (AvgIpc) is 3.07. The second kappa shape index (κ2) is 8.33. The molecule has 0 atom stereocenters. The van der Waals surface area contributed by atoms with E-state index in [9.17, 15) is 20.2 Å². The number of hydrazone groups is 2. The van der Waals surface area contributed by atoms with Gasteiger partial charge in [-0.05, 0) is 19.3 Å². The van der Waals surface area contributed by atoms with Gasteiger partial charge in [-0.15, -0.1) is 0 Å². The predicted octanol–water partition coefficient (Wildman–Crippen LogP) is -0.937. The Kier molecular flexibility index (Phi) is 6.17. The molecule has 0 aromatic carbocycles. The van der Waals surface area contributed by atoms with Crippen molar-refractivity contribution in [1.29, 1.82) is 0 Å². The third-order valence-electron chi connectivity index (χ3n) is 3.65. The molecule has 0 bridgehead atoms. The highest BCUT2D eigenvalue weighted by molar-refractivity contribution is 5.85. The standard InChI is InChI=1S/C11H20N8O4/c20-18(21)14-10-6-12-8-16(10)4-2-1-3-5-17-9-13-7-11(17)15-19(22)23/h12-13H,1-9H2/b14-10-,15-11+. The molecule has 2 rings (SSSR count). The summed E-state index contributed by atoms with van der Waals surface area (Å²) in [4.78, 5) is 24.6. The Morgan fingerprint density at radius 1 is 0.870 bits per heavy atom. The molecule has 0 amide bonds. The van der Waals surface area contributed by atoms with Crippen LogP contribution in [0.1, 0.15) is 19.3 Å². The van der Waals surface area contributed by atoms with Gasteiger partial charge in [0.05, 0.1) is 36.6 Å². The molecular formula is C11H20N8O4. The maximum absolute atomic E-state index is 10.4. The zero-order chi connectivity index (χ0) is 16.7. The van der Waals surface area contributed by atoms with Gasteiger partial charge in [-0.2, -0.15) is 0 Å². The summed E-state index contributed by atoms with van der Waals surface area (Å²) >= 11 is 0. The van der Waals surface area contributed by atoms with Gasteiger partial charge < -0.3 is 9.80 Å². The van der Waals surface area contributed by atoms with Crippen LogP contribution in [0, 0.1) is 20.2 Å². The quantitative estimate of drug-likeness (QED) is 0.330. The van der Waals surface area contributed by atoms with Crippen LogP contribution in [0.3, 0.4) is 0 Å². The first kappa shape index (κ1) is 17.0. The molecule has 0 aromatic heterocycles. The monoisotopic (exact) mass is 328 g/mol. The lowest BCUT2D eigenvalue weighted by molar-refractivity contribution is -0.485. The van der Waals surface area contributed by atoms with Gasteiger partial charge in [-0.3, -0.25) is 10.6 Å². The van der Waals surface area contributed by atoms with E-state index in [4.69, 9.17) is 0 Å². The number of unbranched alkanes of at least 4 members (excludes halogenated alkanes) is 2. The van der Waals surface area contributed by atoms with Crippen LogP contribution in [-0.4, -0.2) is 71.1 Å². The molecule has 12 nitrogen and oxygen atoms in total. The van der Waals surface area contributed by atoms with Gasteiger partial charge in [0, 0.05) is 13.1 Å². The van der Waals surface area contributed by atoms with Crippen molar-refractivity contribution in [3.8, 4) is 0 Å². The fourth-order valence-electron chi connectivity index (χ4n) is 2.60. The smallest absolute Gasteiger partial charge is 0.194 e. The molecule has 2 aliphatic heterocycles. The van der Waals surface area contributed by atoms with E-state index in [0.29, 0.717) is 51.2 Å². The summed E-state index contributed by atoms with van der Waals surface area (Å²) in [6, 6.07) is 0. The normalized spacial score (nSPS) is 21.6. The van der Waals surface area contributed by atoms with E-state index in [0.717, 1.165) is 19.3 Å². The highest BCUT2D eigenvalue weighted by atomic mass is 16.7. The van der Waals surface area contributed by atoms with Crippen molar-refractivity contribution in [1.82, 2.24) is 20.4 Å². The Labute approximate surface area is 132 Å². The van der Waals surface area contributed by atoms with E-state index in [1.807, 2.05) is 9.80 Å². The Morgan fingerprint density at radius 3 is 1.70 bits per heavy atom. The second-order valence-electron chi connectivity index (χ2n) is 5.27. The molecule has 128 valence electrons. The van der Waals surface area contributed by atoms with Crippen LogP contribution in [0.25, 0.3) is 0 Å². The van der Waals surface area contributed by atoms with Crippen molar-refractivity contribution in [2.45, 2.75) is 19.3 Å². The van der Waals surface area contributed by atoms with Crippen LogP contribution >= 0.6 is 0 Å². The fourth-order valence-corrected chi connectivity index (χ4v) is 2.60. The number of hydrogen-bond acceptors (Lipinski definition) is 6. The summed E-state index contributed by atoms with van der Waals surface area (Å²) < 4.78 is 0. The Hall–Kier alpha value is -2.34. The molecule has 2 heterocycles.